The van der Waals surface area contributed by atoms with Gasteiger partial charge in [0.2, 0.25) is 0 Å². The van der Waals surface area contributed by atoms with Crippen LogP contribution in [-0.2, 0) is 21.5 Å². The highest BCUT2D eigenvalue weighted by molar-refractivity contribution is 6.46. The van der Waals surface area contributed by atoms with Crippen LogP contribution >= 0.6 is 0 Å². The first-order valence-corrected chi connectivity index (χ1v) is 11.8. The van der Waals surface area contributed by atoms with Crippen LogP contribution in [0.2, 0.25) is 0 Å². The molecule has 2 aromatic carbocycles. The first-order chi connectivity index (χ1) is 16.6. The summed E-state index contributed by atoms with van der Waals surface area (Å²) in [5, 5.41) is 11.4. The number of aliphatic hydroxyl groups excluding tert-OH is 1. The second-order valence-electron chi connectivity index (χ2n) is 9.80. The molecule has 0 bridgehead atoms. The Morgan fingerprint density at radius 1 is 1.09 bits per heavy atom. The highest BCUT2D eigenvalue weighted by Crippen LogP contribution is 2.41. The van der Waals surface area contributed by atoms with Gasteiger partial charge < -0.3 is 19.2 Å². The highest BCUT2D eigenvalue weighted by atomic mass is 16.5. The minimum absolute atomic E-state index is 0.0324. The molecule has 6 nitrogen and oxygen atoms in total. The summed E-state index contributed by atoms with van der Waals surface area (Å²) in [6.07, 6.45) is 1.50. The van der Waals surface area contributed by atoms with Gasteiger partial charge in [0.05, 0.1) is 18.4 Å². The van der Waals surface area contributed by atoms with Crippen LogP contribution in [0.5, 0.6) is 5.75 Å². The molecular weight excluding hydrogens is 442 g/mol. The van der Waals surface area contributed by atoms with Crippen molar-refractivity contribution in [3.05, 3.63) is 94.4 Å². The molecule has 1 saturated heterocycles. The van der Waals surface area contributed by atoms with E-state index in [9.17, 15) is 14.7 Å². The first kappa shape index (κ1) is 24.3. The predicted octanol–water partition coefficient (Wildman–Crippen LogP) is 5.91. The Labute approximate surface area is 205 Å². The maximum absolute atomic E-state index is 13.3. The topological polar surface area (TPSA) is 80.0 Å². The van der Waals surface area contributed by atoms with Gasteiger partial charge in [-0.15, -0.1) is 0 Å². The lowest BCUT2D eigenvalue weighted by Crippen LogP contribution is -2.29. The van der Waals surface area contributed by atoms with Crippen LogP contribution in [0.1, 0.15) is 61.8 Å². The average Bonchev–Trinajstić information content (AvgIpc) is 3.42. The predicted molar refractivity (Wildman–Crippen MR) is 134 cm³/mol. The standard InChI is InChI=1S/C29H31NO5/c1-6-34-21-13-10-19(11-14-21)17-30-25(23-8-7-15-35-23)24(27(32)28(30)33)26(31)22-16-20(29(3,4)5)12-9-18(22)2/h7-16,25,31H,6,17H2,1-5H3/b26-24+. The fourth-order valence-corrected chi connectivity index (χ4v) is 4.33. The van der Waals surface area contributed by atoms with Gasteiger partial charge in [0.1, 0.15) is 23.3 Å². The minimum Gasteiger partial charge on any atom is -0.507 e. The van der Waals surface area contributed by atoms with Crippen LogP contribution in [0.25, 0.3) is 5.76 Å². The molecule has 1 unspecified atom stereocenters. The van der Waals surface area contributed by atoms with Crippen molar-refractivity contribution in [2.24, 2.45) is 0 Å². The monoisotopic (exact) mass is 473 g/mol. The Hall–Kier alpha value is -3.80. The number of ether oxygens (including phenoxy) is 1. The van der Waals surface area contributed by atoms with Crippen LogP contribution < -0.4 is 4.74 Å². The van der Waals surface area contributed by atoms with E-state index >= 15 is 0 Å². The summed E-state index contributed by atoms with van der Waals surface area (Å²) < 4.78 is 11.1. The van der Waals surface area contributed by atoms with Crippen LogP contribution in [0.4, 0.5) is 0 Å². The summed E-state index contributed by atoms with van der Waals surface area (Å²) in [5.74, 6) is -0.444. The first-order valence-electron chi connectivity index (χ1n) is 11.8. The second kappa shape index (κ2) is 9.45. The third-order valence-corrected chi connectivity index (χ3v) is 6.30. The summed E-state index contributed by atoms with van der Waals surface area (Å²) in [7, 11) is 0. The second-order valence-corrected chi connectivity index (χ2v) is 9.80. The number of aryl methyl sites for hydroxylation is 1. The molecule has 1 amide bonds. The molecule has 1 aromatic heterocycles. The van der Waals surface area contributed by atoms with E-state index in [4.69, 9.17) is 9.15 Å². The SMILES string of the molecule is CCOc1ccc(CN2C(=O)C(=O)/C(=C(/O)c3cc(C(C)(C)C)ccc3C)C2c2ccco2)cc1. The van der Waals surface area contributed by atoms with E-state index in [0.29, 0.717) is 17.9 Å². The molecule has 1 aliphatic heterocycles. The summed E-state index contributed by atoms with van der Waals surface area (Å²) in [6, 6.07) is 15.8. The lowest BCUT2D eigenvalue weighted by Gasteiger charge is -2.24. The summed E-state index contributed by atoms with van der Waals surface area (Å²) in [4.78, 5) is 27.9. The van der Waals surface area contributed by atoms with E-state index in [1.807, 2.05) is 56.3 Å². The molecule has 1 atom stereocenters. The number of furan rings is 1. The largest absolute Gasteiger partial charge is 0.507 e. The molecule has 2 heterocycles. The average molecular weight is 474 g/mol. The fraction of sp³-hybridized carbons (Fsp3) is 0.310. The van der Waals surface area contributed by atoms with Gasteiger partial charge in [0.15, 0.2) is 0 Å². The zero-order chi connectivity index (χ0) is 25.3. The molecule has 1 aliphatic rings. The van der Waals surface area contributed by atoms with Gasteiger partial charge in [-0.1, -0.05) is 45.0 Å². The van der Waals surface area contributed by atoms with Gasteiger partial charge in [0.25, 0.3) is 11.7 Å². The lowest BCUT2D eigenvalue weighted by atomic mass is 9.84. The van der Waals surface area contributed by atoms with Gasteiger partial charge in [-0.3, -0.25) is 9.59 Å². The Bertz CT molecular complexity index is 1260. The van der Waals surface area contributed by atoms with Crippen molar-refractivity contribution in [3.63, 3.8) is 0 Å². The number of hydrogen-bond acceptors (Lipinski definition) is 5. The van der Waals surface area contributed by atoms with E-state index in [1.165, 1.54) is 11.2 Å². The van der Waals surface area contributed by atoms with Crippen LogP contribution in [0.15, 0.2) is 70.9 Å². The number of rotatable bonds is 6. The molecule has 35 heavy (non-hydrogen) atoms. The molecule has 4 rings (SSSR count). The zero-order valence-corrected chi connectivity index (χ0v) is 20.8. The number of benzene rings is 2. The number of Topliss-reactive ketones (excluding diaryl/α,β-unsaturated/α-hetero) is 1. The van der Waals surface area contributed by atoms with E-state index in [1.54, 1.807) is 12.1 Å². The van der Waals surface area contributed by atoms with Crippen LogP contribution in [0.3, 0.4) is 0 Å². The van der Waals surface area contributed by atoms with Crippen molar-refractivity contribution in [2.75, 3.05) is 6.61 Å². The van der Waals surface area contributed by atoms with Crippen LogP contribution in [0, 0.1) is 6.92 Å². The van der Waals surface area contributed by atoms with Crippen molar-refractivity contribution in [3.8, 4) is 5.75 Å². The van der Waals surface area contributed by atoms with Crippen molar-refractivity contribution in [1.29, 1.82) is 0 Å². The van der Waals surface area contributed by atoms with E-state index in [-0.39, 0.29) is 23.3 Å². The van der Waals surface area contributed by atoms with Crippen LogP contribution in [-0.4, -0.2) is 28.3 Å². The Morgan fingerprint density at radius 3 is 2.40 bits per heavy atom. The van der Waals surface area contributed by atoms with Crippen molar-refractivity contribution >= 4 is 17.4 Å². The van der Waals surface area contributed by atoms with Gasteiger partial charge >= 0.3 is 0 Å². The Morgan fingerprint density at radius 2 is 1.80 bits per heavy atom. The van der Waals surface area contributed by atoms with Gasteiger partial charge in [-0.25, -0.2) is 0 Å². The number of likely N-dealkylation sites (tertiary alicyclic amines) is 1. The number of aliphatic hydroxyl groups is 1. The summed E-state index contributed by atoms with van der Waals surface area (Å²) in [5.41, 5.74) is 3.08. The van der Waals surface area contributed by atoms with E-state index < -0.39 is 17.7 Å². The summed E-state index contributed by atoms with van der Waals surface area (Å²) >= 11 is 0. The van der Waals surface area contributed by atoms with Crippen molar-refractivity contribution < 1.29 is 23.8 Å². The number of ketones is 1. The van der Waals surface area contributed by atoms with Crippen molar-refractivity contribution in [2.45, 2.75) is 52.6 Å². The maximum Gasteiger partial charge on any atom is 0.296 e. The smallest absolute Gasteiger partial charge is 0.296 e. The molecule has 6 heteroatoms. The molecule has 1 fully saturated rings. The number of nitrogens with zero attached hydrogens (tertiary/aromatic N) is 1. The number of carbonyl (C=O) groups excluding carboxylic acids is 2. The van der Waals surface area contributed by atoms with Gasteiger partial charge in [0, 0.05) is 12.1 Å². The third-order valence-electron chi connectivity index (χ3n) is 6.30. The number of amides is 1. The number of carbonyl (C=O) groups is 2. The van der Waals surface area contributed by atoms with E-state index in [2.05, 4.69) is 20.8 Å². The molecule has 0 radical (unpaired) electrons. The molecule has 1 N–H and O–H groups in total. The van der Waals surface area contributed by atoms with E-state index in [0.717, 1.165) is 22.4 Å². The maximum atomic E-state index is 13.3. The normalized spacial score (nSPS) is 17.7. The Balaban J connectivity index is 1.80. The molecule has 3 aromatic rings. The highest BCUT2D eigenvalue weighted by Gasteiger charge is 2.47. The third kappa shape index (κ3) is 4.74. The molecular formula is C29H31NO5. The molecule has 182 valence electrons. The fourth-order valence-electron chi connectivity index (χ4n) is 4.33. The molecule has 0 aliphatic carbocycles. The van der Waals surface area contributed by atoms with Crippen molar-refractivity contribution in [1.82, 2.24) is 4.90 Å². The molecule has 0 saturated carbocycles. The van der Waals surface area contributed by atoms with Gasteiger partial charge in [-0.2, -0.15) is 0 Å². The number of hydrogen-bond donors (Lipinski definition) is 1. The summed E-state index contributed by atoms with van der Waals surface area (Å²) in [6.45, 7) is 10.8. The quantitative estimate of drug-likeness (QED) is 0.274. The molecule has 0 spiro atoms. The zero-order valence-electron chi connectivity index (χ0n) is 20.8. The Kier molecular flexibility index (Phi) is 6.57. The van der Waals surface area contributed by atoms with Gasteiger partial charge in [-0.05, 0) is 66.3 Å². The minimum atomic E-state index is -0.839. The lowest BCUT2D eigenvalue weighted by molar-refractivity contribution is -0.140.